The van der Waals surface area contributed by atoms with Crippen LogP contribution in [0.1, 0.15) is 12.2 Å². The third-order valence-electron chi connectivity index (χ3n) is 2.20. The number of hydrogen-bond donors (Lipinski definition) is 0. The van der Waals surface area contributed by atoms with Crippen LogP contribution in [0.15, 0.2) is 22.8 Å². The van der Waals surface area contributed by atoms with E-state index in [1.165, 1.54) is 11.2 Å². The first-order valence-corrected chi connectivity index (χ1v) is 4.71. The maximum absolute atomic E-state index is 11.4. The van der Waals surface area contributed by atoms with Crippen LogP contribution in [0, 0.1) is 0 Å². The van der Waals surface area contributed by atoms with Gasteiger partial charge in [-0.1, -0.05) is 0 Å². The predicted molar refractivity (Wildman–Crippen MR) is 50.1 cm³/mol. The third kappa shape index (κ3) is 2.37. The zero-order chi connectivity index (χ0) is 10.7. The largest absolute Gasteiger partial charge is 0.466 e. The van der Waals surface area contributed by atoms with Crippen LogP contribution in [0.3, 0.4) is 0 Å². The number of furan rings is 1. The number of ether oxygens (including phenoxy) is 1. The van der Waals surface area contributed by atoms with Crippen molar-refractivity contribution in [3.05, 3.63) is 24.2 Å². The second kappa shape index (κ2) is 4.16. The van der Waals surface area contributed by atoms with Crippen LogP contribution in [0.5, 0.6) is 0 Å². The van der Waals surface area contributed by atoms with E-state index in [4.69, 9.17) is 9.15 Å². The monoisotopic (exact) mass is 209 g/mol. The number of hydrogen-bond acceptors (Lipinski definition) is 4. The van der Waals surface area contributed by atoms with Crippen LogP contribution in [0.4, 0.5) is 4.79 Å². The molecule has 1 saturated heterocycles. The Hall–Kier alpha value is -1.78. The van der Waals surface area contributed by atoms with Gasteiger partial charge in [-0.15, -0.1) is 0 Å². The molecule has 1 fully saturated rings. The van der Waals surface area contributed by atoms with E-state index in [1.54, 1.807) is 12.1 Å². The van der Waals surface area contributed by atoms with E-state index in [0.717, 1.165) is 0 Å². The Bertz CT molecular complexity index is 358. The first-order chi connectivity index (χ1) is 7.25. The van der Waals surface area contributed by atoms with Gasteiger partial charge in [0.25, 0.3) is 0 Å². The first kappa shape index (κ1) is 9.76. The molecule has 15 heavy (non-hydrogen) atoms. The molecule has 0 aliphatic carbocycles. The summed E-state index contributed by atoms with van der Waals surface area (Å²) in [5.74, 6) is 0.666. The lowest BCUT2D eigenvalue weighted by molar-refractivity contribution is -0.116. The summed E-state index contributed by atoms with van der Waals surface area (Å²) in [5.41, 5.74) is 0. The summed E-state index contributed by atoms with van der Waals surface area (Å²) in [4.78, 5) is 23.7. The average Bonchev–Trinajstić information content (AvgIpc) is 2.84. The Morgan fingerprint density at radius 2 is 2.47 bits per heavy atom. The summed E-state index contributed by atoms with van der Waals surface area (Å²) < 4.78 is 9.96. The number of amides is 1. The van der Waals surface area contributed by atoms with E-state index in [1.807, 2.05) is 0 Å². The van der Waals surface area contributed by atoms with Crippen LogP contribution in [0.2, 0.25) is 0 Å². The van der Waals surface area contributed by atoms with E-state index >= 15 is 0 Å². The molecule has 1 aliphatic heterocycles. The molecule has 0 radical (unpaired) electrons. The minimum Gasteiger partial charge on any atom is -0.466 e. The molecule has 0 aromatic carbocycles. The minimum atomic E-state index is -0.461. The maximum Gasteiger partial charge on any atom is 0.410 e. The predicted octanol–water partition coefficient (Wildman–Crippen LogP) is 1.19. The highest BCUT2D eigenvalue weighted by atomic mass is 16.6. The second-order valence-electron chi connectivity index (χ2n) is 3.34. The van der Waals surface area contributed by atoms with E-state index < -0.39 is 6.09 Å². The summed E-state index contributed by atoms with van der Waals surface area (Å²) in [7, 11) is 0. The Morgan fingerprint density at radius 3 is 3.07 bits per heavy atom. The van der Waals surface area contributed by atoms with E-state index in [2.05, 4.69) is 0 Å². The quantitative estimate of drug-likeness (QED) is 0.734. The zero-order valence-electron chi connectivity index (χ0n) is 8.14. The first-order valence-electron chi connectivity index (χ1n) is 4.71. The van der Waals surface area contributed by atoms with Crippen molar-refractivity contribution in [2.45, 2.75) is 13.0 Å². The Labute approximate surface area is 86.6 Å². The van der Waals surface area contributed by atoms with Gasteiger partial charge in [0.05, 0.1) is 12.8 Å². The molecule has 5 heteroatoms. The molecule has 5 nitrogen and oxygen atoms in total. The van der Waals surface area contributed by atoms with Crippen molar-refractivity contribution >= 4 is 11.9 Å². The summed E-state index contributed by atoms with van der Waals surface area (Å²) in [6, 6.07) is 3.45. The highest BCUT2D eigenvalue weighted by Crippen LogP contribution is 2.08. The lowest BCUT2D eigenvalue weighted by Gasteiger charge is -2.13. The van der Waals surface area contributed by atoms with Crippen LogP contribution in [-0.4, -0.2) is 29.9 Å². The Balaban J connectivity index is 1.80. The Morgan fingerprint density at radius 1 is 1.60 bits per heavy atom. The van der Waals surface area contributed by atoms with Gasteiger partial charge < -0.3 is 14.1 Å². The van der Waals surface area contributed by atoms with Crippen LogP contribution >= 0.6 is 0 Å². The molecule has 0 saturated carbocycles. The van der Waals surface area contributed by atoms with Gasteiger partial charge in [0.1, 0.15) is 5.76 Å². The van der Waals surface area contributed by atoms with Crippen molar-refractivity contribution in [2.75, 3.05) is 13.1 Å². The maximum atomic E-state index is 11.4. The fourth-order valence-electron chi connectivity index (χ4n) is 1.41. The molecule has 1 aromatic heterocycles. The van der Waals surface area contributed by atoms with Crippen LogP contribution in [-0.2, 0) is 16.1 Å². The van der Waals surface area contributed by atoms with Crippen molar-refractivity contribution in [2.24, 2.45) is 0 Å². The minimum absolute atomic E-state index is 0.0740. The molecule has 1 aromatic rings. The van der Waals surface area contributed by atoms with Gasteiger partial charge in [0, 0.05) is 13.0 Å². The van der Waals surface area contributed by atoms with Crippen molar-refractivity contribution in [3.63, 3.8) is 0 Å². The molecule has 2 heterocycles. The van der Waals surface area contributed by atoms with Crippen molar-refractivity contribution in [1.29, 1.82) is 0 Å². The van der Waals surface area contributed by atoms with Crippen molar-refractivity contribution < 1.29 is 18.7 Å². The summed E-state index contributed by atoms with van der Waals surface area (Å²) in [6.45, 7) is 0.726. The molecule has 80 valence electrons. The van der Waals surface area contributed by atoms with E-state index in [-0.39, 0.29) is 18.9 Å². The average molecular weight is 209 g/mol. The fraction of sp³-hybridized carbons (Fsp3) is 0.400. The van der Waals surface area contributed by atoms with Crippen LogP contribution in [0.25, 0.3) is 0 Å². The second-order valence-corrected chi connectivity index (χ2v) is 3.34. The molecule has 0 bridgehead atoms. The van der Waals surface area contributed by atoms with Gasteiger partial charge in [-0.3, -0.25) is 4.79 Å². The molecule has 2 rings (SSSR count). The molecular formula is C10H11NO4. The van der Waals surface area contributed by atoms with Crippen LogP contribution < -0.4 is 0 Å². The van der Waals surface area contributed by atoms with E-state index in [0.29, 0.717) is 18.7 Å². The number of carbonyl (C=O) groups excluding carboxylic acids is 2. The zero-order valence-corrected chi connectivity index (χ0v) is 8.14. The van der Waals surface area contributed by atoms with Gasteiger partial charge in [-0.2, -0.15) is 0 Å². The van der Waals surface area contributed by atoms with Gasteiger partial charge in [0.2, 0.25) is 0 Å². The lowest BCUT2D eigenvalue weighted by Crippen LogP contribution is -2.29. The third-order valence-corrected chi connectivity index (χ3v) is 2.20. The molecule has 0 atom stereocenters. The van der Waals surface area contributed by atoms with Gasteiger partial charge >= 0.3 is 6.09 Å². The fourth-order valence-corrected chi connectivity index (χ4v) is 1.41. The lowest BCUT2D eigenvalue weighted by atomic mass is 10.4. The van der Waals surface area contributed by atoms with Crippen molar-refractivity contribution in [3.8, 4) is 0 Å². The SMILES string of the molecule is O=C1CCN(C(=O)OCc2ccco2)C1. The number of ketones is 1. The van der Waals surface area contributed by atoms with Gasteiger partial charge in [-0.05, 0) is 12.1 Å². The van der Waals surface area contributed by atoms with Crippen molar-refractivity contribution in [1.82, 2.24) is 4.90 Å². The molecule has 0 N–H and O–H groups in total. The number of carbonyl (C=O) groups is 2. The normalized spacial score (nSPS) is 15.7. The Kier molecular flexibility index (Phi) is 2.71. The number of nitrogens with zero attached hydrogens (tertiary/aromatic N) is 1. The highest BCUT2D eigenvalue weighted by molar-refractivity contribution is 5.87. The standard InChI is InChI=1S/C10H11NO4/c12-8-3-4-11(6-8)10(13)15-7-9-2-1-5-14-9/h1-2,5H,3-4,6-7H2. The van der Waals surface area contributed by atoms with E-state index in [9.17, 15) is 9.59 Å². The summed E-state index contributed by atoms with van der Waals surface area (Å²) in [6.07, 6.45) is 1.48. The van der Waals surface area contributed by atoms with Gasteiger partial charge in [-0.25, -0.2) is 4.79 Å². The molecule has 0 spiro atoms. The molecular weight excluding hydrogens is 198 g/mol. The van der Waals surface area contributed by atoms with Gasteiger partial charge in [0.15, 0.2) is 12.4 Å². The number of Topliss-reactive ketones (excluding diaryl/α,β-unsaturated/α-hetero) is 1. The number of likely N-dealkylation sites (tertiary alicyclic amines) is 1. The highest BCUT2D eigenvalue weighted by Gasteiger charge is 2.25. The molecule has 0 unspecified atom stereocenters. The topological polar surface area (TPSA) is 59.8 Å². The molecule has 1 amide bonds. The smallest absolute Gasteiger partial charge is 0.410 e. The number of rotatable bonds is 2. The summed E-state index contributed by atoms with van der Waals surface area (Å²) >= 11 is 0. The summed E-state index contributed by atoms with van der Waals surface area (Å²) in [5, 5.41) is 0. The molecule has 1 aliphatic rings.